The van der Waals surface area contributed by atoms with Crippen molar-refractivity contribution in [2.75, 3.05) is 0 Å². The molecular formula is C14H12O4. The van der Waals surface area contributed by atoms with Crippen molar-refractivity contribution >= 4 is 11.0 Å². The summed E-state index contributed by atoms with van der Waals surface area (Å²) in [5, 5.41) is 0.864. The highest BCUT2D eigenvalue weighted by molar-refractivity contribution is 5.80. The maximum absolute atomic E-state index is 11.2. The molecule has 1 aromatic carbocycles. The van der Waals surface area contributed by atoms with Gasteiger partial charge in [-0.3, -0.25) is 0 Å². The van der Waals surface area contributed by atoms with Gasteiger partial charge in [-0.05, 0) is 32.0 Å². The van der Waals surface area contributed by atoms with Gasteiger partial charge in [-0.2, -0.15) is 0 Å². The van der Waals surface area contributed by atoms with Gasteiger partial charge < -0.3 is 13.9 Å². The highest BCUT2D eigenvalue weighted by atomic mass is 16.6. The zero-order valence-electron chi connectivity index (χ0n) is 10.1. The predicted octanol–water partition coefficient (Wildman–Crippen LogP) is 2.40. The number of hydrogen-bond donors (Lipinski definition) is 0. The first-order chi connectivity index (χ1) is 8.54. The summed E-state index contributed by atoms with van der Waals surface area (Å²) in [5.74, 6) is 0.820. The van der Waals surface area contributed by atoms with Crippen molar-refractivity contribution in [1.82, 2.24) is 0 Å². The minimum atomic E-state index is -0.340. The molecule has 0 spiro atoms. The number of benzene rings is 1. The summed E-state index contributed by atoms with van der Waals surface area (Å²) < 4.78 is 16.8. The van der Waals surface area contributed by atoms with Crippen LogP contribution in [-0.2, 0) is 4.74 Å². The van der Waals surface area contributed by atoms with E-state index in [1.54, 1.807) is 6.07 Å². The lowest BCUT2D eigenvalue weighted by atomic mass is 9.94. The quantitative estimate of drug-likeness (QED) is 0.527. The minimum absolute atomic E-state index is 0.0682. The maximum Gasteiger partial charge on any atom is 0.336 e. The summed E-state index contributed by atoms with van der Waals surface area (Å²) >= 11 is 0. The Kier molecular flexibility index (Phi) is 1.66. The normalized spacial score (nSPS) is 27.2. The average molecular weight is 244 g/mol. The molecule has 2 aliphatic heterocycles. The fourth-order valence-corrected chi connectivity index (χ4v) is 2.64. The Hall–Kier alpha value is -1.81. The summed E-state index contributed by atoms with van der Waals surface area (Å²) in [6.45, 7) is 4.05. The van der Waals surface area contributed by atoms with Gasteiger partial charge in [-0.1, -0.05) is 0 Å². The van der Waals surface area contributed by atoms with Crippen molar-refractivity contribution in [3.63, 3.8) is 0 Å². The Balaban J connectivity index is 1.97. The summed E-state index contributed by atoms with van der Waals surface area (Å²) in [6, 6.07) is 6.93. The van der Waals surface area contributed by atoms with Crippen molar-refractivity contribution in [2.45, 2.75) is 31.7 Å². The molecule has 2 atom stereocenters. The Morgan fingerprint density at radius 2 is 2.06 bits per heavy atom. The molecule has 0 N–H and O–H groups in total. The first kappa shape index (κ1) is 10.1. The highest BCUT2D eigenvalue weighted by Gasteiger charge is 2.56. The Bertz CT molecular complexity index is 713. The number of epoxide rings is 1. The van der Waals surface area contributed by atoms with Gasteiger partial charge in [-0.15, -0.1) is 0 Å². The molecule has 2 aliphatic rings. The van der Waals surface area contributed by atoms with E-state index in [1.165, 1.54) is 6.07 Å². The van der Waals surface area contributed by atoms with Crippen LogP contribution in [0.2, 0.25) is 0 Å². The van der Waals surface area contributed by atoms with Crippen molar-refractivity contribution in [1.29, 1.82) is 0 Å². The number of ether oxygens (including phenoxy) is 2. The first-order valence-electron chi connectivity index (χ1n) is 5.97. The molecule has 0 aliphatic carbocycles. The third-order valence-electron chi connectivity index (χ3n) is 3.61. The van der Waals surface area contributed by atoms with E-state index in [9.17, 15) is 4.79 Å². The molecule has 2 unspecified atom stereocenters. The molecule has 3 heterocycles. The van der Waals surface area contributed by atoms with Crippen molar-refractivity contribution in [3.8, 4) is 5.75 Å². The Morgan fingerprint density at radius 1 is 1.22 bits per heavy atom. The van der Waals surface area contributed by atoms with Crippen LogP contribution in [0.3, 0.4) is 0 Å². The standard InChI is InChI=1S/C14H12O4/c1-14(2)13-12(17-13)8-6-9-7(5-10(8)18-14)3-4-11(15)16-9/h3-6,12-13H,1-2H3. The molecule has 0 radical (unpaired) electrons. The maximum atomic E-state index is 11.2. The second kappa shape index (κ2) is 2.95. The Labute approximate surface area is 103 Å². The number of hydrogen-bond acceptors (Lipinski definition) is 4. The van der Waals surface area contributed by atoms with Crippen LogP contribution in [0.4, 0.5) is 0 Å². The summed E-state index contributed by atoms with van der Waals surface area (Å²) in [5.41, 5.74) is 0.911. The van der Waals surface area contributed by atoms with Crippen LogP contribution in [-0.4, -0.2) is 11.7 Å². The lowest BCUT2D eigenvalue weighted by Crippen LogP contribution is -2.37. The molecule has 4 rings (SSSR count). The van der Waals surface area contributed by atoms with Crippen molar-refractivity contribution in [2.24, 2.45) is 0 Å². The topological polar surface area (TPSA) is 52.0 Å². The van der Waals surface area contributed by atoms with E-state index in [2.05, 4.69) is 0 Å². The molecule has 2 aromatic rings. The van der Waals surface area contributed by atoms with Gasteiger partial charge in [0.2, 0.25) is 0 Å². The minimum Gasteiger partial charge on any atom is -0.485 e. The predicted molar refractivity (Wildman–Crippen MR) is 64.8 cm³/mol. The smallest absolute Gasteiger partial charge is 0.336 e. The van der Waals surface area contributed by atoms with E-state index >= 15 is 0 Å². The molecule has 18 heavy (non-hydrogen) atoms. The summed E-state index contributed by atoms with van der Waals surface area (Å²) in [6.07, 6.45) is 0.163. The highest BCUT2D eigenvalue weighted by Crippen LogP contribution is 2.54. The van der Waals surface area contributed by atoms with Crippen LogP contribution in [0.5, 0.6) is 5.75 Å². The molecule has 4 heteroatoms. The SMILES string of the molecule is CC1(C)Oc2cc3ccc(=O)oc3cc2C2OC21. The van der Waals surface area contributed by atoms with Crippen LogP contribution in [0.25, 0.3) is 11.0 Å². The molecule has 1 aromatic heterocycles. The number of fused-ring (bicyclic) bond motifs is 4. The molecule has 4 nitrogen and oxygen atoms in total. The van der Waals surface area contributed by atoms with Gasteiger partial charge in [0.25, 0.3) is 0 Å². The van der Waals surface area contributed by atoms with Gasteiger partial charge in [-0.25, -0.2) is 4.79 Å². The van der Waals surface area contributed by atoms with Crippen LogP contribution < -0.4 is 10.4 Å². The van der Waals surface area contributed by atoms with Crippen LogP contribution in [0, 0.1) is 0 Å². The average Bonchev–Trinajstić information content (AvgIpc) is 3.08. The Morgan fingerprint density at radius 3 is 2.89 bits per heavy atom. The molecule has 0 saturated carbocycles. The largest absolute Gasteiger partial charge is 0.485 e. The van der Waals surface area contributed by atoms with E-state index in [1.807, 2.05) is 26.0 Å². The van der Waals surface area contributed by atoms with Crippen LogP contribution in [0.15, 0.2) is 33.5 Å². The summed E-state index contributed by atoms with van der Waals surface area (Å²) in [7, 11) is 0. The monoisotopic (exact) mass is 244 g/mol. The lowest BCUT2D eigenvalue weighted by Gasteiger charge is -2.29. The van der Waals surface area contributed by atoms with E-state index in [0.29, 0.717) is 5.58 Å². The van der Waals surface area contributed by atoms with Gasteiger partial charge in [0, 0.05) is 17.0 Å². The zero-order chi connectivity index (χ0) is 12.5. The number of rotatable bonds is 0. The molecule has 92 valence electrons. The van der Waals surface area contributed by atoms with E-state index < -0.39 is 0 Å². The second-order valence-electron chi connectivity index (χ2n) is 5.37. The van der Waals surface area contributed by atoms with Gasteiger partial charge in [0.15, 0.2) is 0 Å². The van der Waals surface area contributed by atoms with Crippen molar-refractivity contribution in [3.05, 3.63) is 40.2 Å². The fraction of sp³-hybridized carbons (Fsp3) is 0.357. The van der Waals surface area contributed by atoms with Gasteiger partial charge in [0.1, 0.15) is 29.1 Å². The van der Waals surface area contributed by atoms with Crippen LogP contribution >= 0.6 is 0 Å². The van der Waals surface area contributed by atoms with E-state index in [4.69, 9.17) is 13.9 Å². The summed E-state index contributed by atoms with van der Waals surface area (Å²) in [4.78, 5) is 11.2. The molecule has 0 bridgehead atoms. The van der Waals surface area contributed by atoms with E-state index in [-0.39, 0.29) is 23.4 Å². The van der Waals surface area contributed by atoms with Crippen LogP contribution in [0.1, 0.15) is 25.5 Å². The first-order valence-corrected chi connectivity index (χ1v) is 5.97. The van der Waals surface area contributed by atoms with Crippen molar-refractivity contribution < 1.29 is 13.9 Å². The molecule has 1 fully saturated rings. The lowest BCUT2D eigenvalue weighted by molar-refractivity contribution is 0.0727. The molecule has 1 saturated heterocycles. The molecule has 0 amide bonds. The van der Waals surface area contributed by atoms with Gasteiger partial charge >= 0.3 is 5.63 Å². The molecular weight excluding hydrogens is 232 g/mol. The second-order valence-corrected chi connectivity index (χ2v) is 5.37. The van der Waals surface area contributed by atoms with Gasteiger partial charge in [0.05, 0.1) is 0 Å². The third-order valence-corrected chi connectivity index (χ3v) is 3.61. The fourth-order valence-electron chi connectivity index (χ4n) is 2.64. The third kappa shape index (κ3) is 1.26. The zero-order valence-corrected chi connectivity index (χ0v) is 10.1. The van der Waals surface area contributed by atoms with E-state index in [0.717, 1.165) is 16.7 Å².